The van der Waals surface area contributed by atoms with Crippen LogP contribution in [0.4, 0.5) is 5.69 Å². The summed E-state index contributed by atoms with van der Waals surface area (Å²) in [5.74, 6) is -0.265. The Labute approximate surface area is 151 Å². The molecule has 0 fully saturated rings. The molecule has 0 unspecified atom stereocenters. The van der Waals surface area contributed by atoms with E-state index < -0.39 is 0 Å². The number of benzene rings is 2. The number of ketones is 1. The summed E-state index contributed by atoms with van der Waals surface area (Å²) < 4.78 is 0. The third kappa shape index (κ3) is 3.74. The van der Waals surface area contributed by atoms with Gasteiger partial charge < -0.3 is 10.3 Å². The molecule has 1 heterocycles. The Kier molecular flexibility index (Phi) is 5.19. The Bertz CT molecular complexity index is 916. The molecule has 3 rings (SSSR count). The SMILES string of the molecule is CCCCC(=O)Nc1c(C(=O)c2ccccc2)[nH]c2cc(Cl)ccc12. The molecule has 0 aliphatic heterocycles. The smallest absolute Gasteiger partial charge is 0.224 e. The lowest BCUT2D eigenvalue weighted by molar-refractivity contribution is -0.116. The second-order valence-corrected chi connectivity index (χ2v) is 6.35. The van der Waals surface area contributed by atoms with Gasteiger partial charge in [-0.2, -0.15) is 0 Å². The van der Waals surface area contributed by atoms with E-state index in [0.29, 0.717) is 28.4 Å². The fourth-order valence-corrected chi connectivity index (χ4v) is 2.92. The summed E-state index contributed by atoms with van der Waals surface area (Å²) in [5.41, 5.74) is 2.16. The first-order valence-corrected chi connectivity index (χ1v) is 8.68. The minimum Gasteiger partial charge on any atom is -0.350 e. The van der Waals surface area contributed by atoms with Gasteiger partial charge in [0.2, 0.25) is 11.7 Å². The van der Waals surface area contributed by atoms with Crippen LogP contribution >= 0.6 is 11.6 Å². The van der Waals surface area contributed by atoms with Crippen molar-refractivity contribution in [2.75, 3.05) is 5.32 Å². The van der Waals surface area contributed by atoms with Gasteiger partial charge in [-0.25, -0.2) is 0 Å². The summed E-state index contributed by atoms with van der Waals surface area (Å²) in [7, 11) is 0. The van der Waals surface area contributed by atoms with Gasteiger partial charge in [-0.1, -0.05) is 55.3 Å². The molecule has 0 saturated heterocycles. The van der Waals surface area contributed by atoms with Crippen molar-refractivity contribution >= 4 is 39.9 Å². The summed E-state index contributed by atoms with van der Waals surface area (Å²) in [5, 5.41) is 4.24. The van der Waals surface area contributed by atoms with Crippen LogP contribution in [0, 0.1) is 0 Å². The van der Waals surface area contributed by atoms with E-state index in [-0.39, 0.29) is 11.7 Å². The summed E-state index contributed by atoms with van der Waals surface area (Å²) in [6.45, 7) is 2.03. The van der Waals surface area contributed by atoms with E-state index in [1.807, 2.05) is 31.2 Å². The van der Waals surface area contributed by atoms with Crippen LogP contribution < -0.4 is 5.32 Å². The molecule has 2 aromatic carbocycles. The number of halogens is 1. The van der Waals surface area contributed by atoms with Gasteiger partial charge >= 0.3 is 0 Å². The van der Waals surface area contributed by atoms with Gasteiger partial charge in [0.25, 0.3) is 0 Å². The molecule has 25 heavy (non-hydrogen) atoms. The number of hydrogen-bond acceptors (Lipinski definition) is 2. The van der Waals surface area contributed by atoms with Gasteiger partial charge in [-0.15, -0.1) is 0 Å². The van der Waals surface area contributed by atoms with Crippen LogP contribution in [0.15, 0.2) is 48.5 Å². The van der Waals surface area contributed by atoms with Crippen LogP contribution in [0.25, 0.3) is 10.9 Å². The number of carbonyl (C=O) groups is 2. The Morgan fingerprint density at radius 1 is 1.12 bits per heavy atom. The predicted octanol–water partition coefficient (Wildman–Crippen LogP) is 5.18. The molecule has 0 atom stereocenters. The summed E-state index contributed by atoms with van der Waals surface area (Å²) >= 11 is 6.06. The molecule has 128 valence electrons. The number of H-pyrrole nitrogens is 1. The Hall–Kier alpha value is -2.59. The van der Waals surface area contributed by atoms with E-state index in [4.69, 9.17) is 11.6 Å². The molecule has 3 aromatic rings. The van der Waals surface area contributed by atoms with Crippen molar-refractivity contribution in [3.05, 3.63) is 64.8 Å². The number of aromatic nitrogens is 1. The zero-order chi connectivity index (χ0) is 17.8. The van der Waals surface area contributed by atoms with Gasteiger partial charge in [-0.05, 0) is 24.6 Å². The number of anilines is 1. The third-order valence-corrected chi connectivity index (χ3v) is 4.28. The van der Waals surface area contributed by atoms with E-state index in [0.717, 1.165) is 23.7 Å². The molecule has 1 aromatic heterocycles. The number of nitrogens with one attached hydrogen (secondary N) is 2. The topological polar surface area (TPSA) is 62.0 Å². The van der Waals surface area contributed by atoms with Crippen molar-refractivity contribution in [3.63, 3.8) is 0 Å². The van der Waals surface area contributed by atoms with Crippen LogP contribution in [0.5, 0.6) is 0 Å². The van der Waals surface area contributed by atoms with Gasteiger partial charge in [0, 0.05) is 27.9 Å². The van der Waals surface area contributed by atoms with Gasteiger partial charge in [0.15, 0.2) is 0 Å². The molecule has 0 bridgehead atoms. The Morgan fingerprint density at radius 3 is 2.60 bits per heavy atom. The summed E-state index contributed by atoms with van der Waals surface area (Å²) in [6.07, 6.45) is 2.17. The zero-order valence-corrected chi connectivity index (χ0v) is 14.7. The highest BCUT2D eigenvalue weighted by atomic mass is 35.5. The number of hydrogen-bond donors (Lipinski definition) is 2. The summed E-state index contributed by atoms with van der Waals surface area (Å²) in [6, 6.07) is 14.3. The lowest BCUT2D eigenvalue weighted by Crippen LogP contribution is -2.14. The number of rotatable bonds is 6. The number of aromatic amines is 1. The largest absolute Gasteiger partial charge is 0.350 e. The van der Waals surface area contributed by atoms with E-state index in [1.54, 1.807) is 24.3 Å². The number of fused-ring (bicyclic) bond motifs is 1. The number of carbonyl (C=O) groups excluding carboxylic acids is 2. The maximum atomic E-state index is 12.9. The minimum absolute atomic E-state index is 0.0974. The van der Waals surface area contributed by atoms with Gasteiger partial charge in [0.05, 0.1) is 5.69 Å². The van der Waals surface area contributed by atoms with E-state index in [1.165, 1.54) is 0 Å². The molecule has 0 spiro atoms. The standard InChI is InChI=1S/C20H19ClN2O2/c1-2-3-9-17(24)23-18-15-11-10-14(21)12-16(15)22-19(18)20(25)13-7-5-4-6-8-13/h4-8,10-12,22H,2-3,9H2,1H3,(H,23,24). The molecule has 5 heteroatoms. The Morgan fingerprint density at radius 2 is 1.88 bits per heavy atom. The third-order valence-electron chi connectivity index (χ3n) is 4.05. The van der Waals surface area contributed by atoms with Crippen molar-refractivity contribution in [3.8, 4) is 0 Å². The molecular formula is C20H19ClN2O2. The highest BCUT2D eigenvalue weighted by Gasteiger charge is 2.20. The fraction of sp³-hybridized carbons (Fsp3) is 0.200. The van der Waals surface area contributed by atoms with Crippen molar-refractivity contribution in [2.24, 2.45) is 0 Å². The molecule has 0 saturated carbocycles. The van der Waals surface area contributed by atoms with E-state index in [9.17, 15) is 9.59 Å². The second kappa shape index (κ2) is 7.53. The van der Waals surface area contributed by atoms with Crippen molar-refractivity contribution < 1.29 is 9.59 Å². The lowest BCUT2D eigenvalue weighted by atomic mass is 10.1. The van der Waals surface area contributed by atoms with E-state index >= 15 is 0 Å². The van der Waals surface area contributed by atoms with Crippen molar-refractivity contribution in [1.82, 2.24) is 4.98 Å². The first-order valence-electron chi connectivity index (χ1n) is 8.31. The number of amides is 1. The monoisotopic (exact) mass is 354 g/mol. The van der Waals surface area contributed by atoms with Crippen molar-refractivity contribution in [1.29, 1.82) is 0 Å². The van der Waals surface area contributed by atoms with Gasteiger partial charge in [-0.3, -0.25) is 9.59 Å². The molecule has 0 aliphatic rings. The normalized spacial score (nSPS) is 10.8. The minimum atomic E-state index is -0.168. The highest BCUT2D eigenvalue weighted by molar-refractivity contribution is 6.31. The number of unbranched alkanes of at least 4 members (excludes halogenated alkanes) is 1. The van der Waals surface area contributed by atoms with Crippen molar-refractivity contribution in [2.45, 2.75) is 26.2 Å². The highest BCUT2D eigenvalue weighted by Crippen LogP contribution is 2.31. The molecule has 4 nitrogen and oxygen atoms in total. The Balaban J connectivity index is 2.05. The van der Waals surface area contributed by atoms with Crippen LogP contribution in [0.2, 0.25) is 5.02 Å². The first-order chi connectivity index (χ1) is 12.1. The maximum absolute atomic E-state index is 12.9. The molecular weight excluding hydrogens is 336 g/mol. The lowest BCUT2D eigenvalue weighted by Gasteiger charge is -2.07. The van der Waals surface area contributed by atoms with Crippen LogP contribution in [0.1, 0.15) is 42.2 Å². The second-order valence-electron chi connectivity index (χ2n) is 5.91. The first kappa shape index (κ1) is 17.2. The maximum Gasteiger partial charge on any atom is 0.224 e. The van der Waals surface area contributed by atoms with E-state index in [2.05, 4.69) is 10.3 Å². The zero-order valence-electron chi connectivity index (χ0n) is 13.9. The molecule has 0 radical (unpaired) electrons. The van der Waals surface area contributed by atoms with Crippen LogP contribution in [0.3, 0.4) is 0 Å². The quantitative estimate of drug-likeness (QED) is 0.599. The summed E-state index contributed by atoms with van der Waals surface area (Å²) in [4.78, 5) is 28.2. The molecule has 1 amide bonds. The molecule has 2 N–H and O–H groups in total. The average Bonchev–Trinajstić information content (AvgIpc) is 2.97. The fourth-order valence-electron chi connectivity index (χ4n) is 2.74. The van der Waals surface area contributed by atoms with Gasteiger partial charge in [0.1, 0.15) is 5.69 Å². The molecule has 0 aliphatic carbocycles. The predicted molar refractivity (Wildman–Crippen MR) is 101 cm³/mol. The van der Waals surface area contributed by atoms with Crippen LogP contribution in [-0.4, -0.2) is 16.7 Å². The average molecular weight is 355 g/mol. The van der Waals surface area contributed by atoms with Crippen LogP contribution in [-0.2, 0) is 4.79 Å².